The van der Waals surface area contributed by atoms with Gasteiger partial charge in [-0.25, -0.2) is 0 Å². The highest BCUT2D eigenvalue weighted by atomic mass is 16.5. The van der Waals surface area contributed by atoms with Crippen LogP contribution in [0.3, 0.4) is 0 Å². The largest absolute Gasteiger partial charge is 0.479 e. The number of hydrogen-bond acceptors (Lipinski definition) is 4. The van der Waals surface area contributed by atoms with E-state index in [1.807, 2.05) is 0 Å². The van der Waals surface area contributed by atoms with Gasteiger partial charge in [-0.3, -0.25) is 9.98 Å². The van der Waals surface area contributed by atoms with E-state index >= 15 is 0 Å². The molecule has 2 atom stereocenters. The van der Waals surface area contributed by atoms with Crippen molar-refractivity contribution in [1.29, 1.82) is 0 Å². The van der Waals surface area contributed by atoms with E-state index in [-0.39, 0.29) is 0 Å². The lowest BCUT2D eigenvalue weighted by molar-refractivity contribution is 0.247. The third-order valence-electron chi connectivity index (χ3n) is 4.67. The van der Waals surface area contributed by atoms with Crippen molar-refractivity contribution in [3.05, 3.63) is 0 Å². The molecule has 2 aliphatic carbocycles. The number of nitrogens with zero attached hydrogens (tertiary/aromatic N) is 2. The molecule has 0 spiro atoms. The minimum absolute atomic E-state index is 0.549. The Morgan fingerprint density at radius 1 is 0.824 bits per heavy atom. The predicted octanol–water partition coefficient (Wildman–Crippen LogP) is 1.51. The van der Waals surface area contributed by atoms with E-state index < -0.39 is 0 Å². The maximum atomic E-state index is 5.67. The summed E-state index contributed by atoms with van der Waals surface area (Å²) >= 11 is 0. The van der Waals surface area contributed by atoms with Crippen molar-refractivity contribution < 1.29 is 9.47 Å². The van der Waals surface area contributed by atoms with E-state index in [4.69, 9.17) is 9.47 Å². The number of ether oxygens (including phenoxy) is 2. The molecular formula is C13H18N2O2. The number of fused-ring (bicyclic) bond motifs is 2. The molecule has 0 radical (unpaired) electrons. The van der Waals surface area contributed by atoms with Crippen LogP contribution in [0.1, 0.15) is 19.3 Å². The Labute approximate surface area is 101 Å². The SMILES string of the molecule is C1COC(C2CC3CC(C4=NCCO4)C2C3)=N1. The second-order valence-corrected chi connectivity index (χ2v) is 5.59. The van der Waals surface area contributed by atoms with E-state index in [0.717, 1.165) is 44.0 Å². The summed E-state index contributed by atoms with van der Waals surface area (Å²) < 4.78 is 11.3. The molecule has 0 aromatic rings. The molecule has 4 rings (SSSR count). The van der Waals surface area contributed by atoms with Crippen LogP contribution in [0.2, 0.25) is 0 Å². The van der Waals surface area contributed by atoms with Crippen molar-refractivity contribution in [2.75, 3.05) is 26.3 Å². The Morgan fingerprint density at radius 2 is 1.41 bits per heavy atom. The normalized spacial score (nSPS) is 43.3. The van der Waals surface area contributed by atoms with Crippen LogP contribution >= 0.6 is 0 Å². The van der Waals surface area contributed by atoms with Crippen molar-refractivity contribution in [3.8, 4) is 0 Å². The van der Waals surface area contributed by atoms with E-state index in [2.05, 4.69) is 9.98 Å². The van der Waals surface area contributed by atoms with Crippen LogP contribution in [0, 0.1) is 23.7 Å². The van der Waals surface area contributed by atoms with Crippen molar-refractivity contribution in [2.45, 2.75) is 19.3 Å². The molecule has 2 saturated carbocycles. The number of rotatable bonds is 2. The van der Waals surface area contributed by atoms with Gasteiger partial charge < -0.3 is 9.47 Å². The van der Waals surface area contributed by atoms with Crippen LogP contribution in [0.25, 0.3) is 0 Å². The van der Waals surface area contributed by atoms with Crippen molar-refractivity contribution in [2.24, 2.45) is 33.7 Å². The van der Waals surface area contributed by atoms with Crippen LogP contribution in [0.5, 0.6) is 0 Å². The van der Waals surface area contributed by atoms with Gasteiger partial charge >= 0.3 is 0 Å². The zero-order chi connectivity index (χ0) is 11.2. The van der Waals surface area contributed by atoms with Gasteiger partial charge in [0.15, 0.2) is 11.8 Å². The Hall–Kier alpha value is -1.06. The van der Waals surface area contributed by atoms with Gasteiger partial charge in [-0.15, -0.1) is 0 Å². The smallest absolute Gasteiger partial charge is 0.186 e. The summed E-state index contributed by atoms with van der Waals surface area (Å²) in [5.41, 5.74) is 0. The van der Waals surface area contributed by atoms with Gasteiger partial charge in [-0.05, 0) is 31.1 Å². The fraction of sp³-hybridized carbons (Fsp3) is 0.846. The van der Waals surface area contributed by atoms with Crippen LogP contribution < -0.4 is 0 Å². The molecule has 17 heavy (non-hydrogen) atoms. The molecule has 0 aromatic carbocycles. The lowest BCUT2D eigenvalue weighted by Crippen LogP contribution is -2.31. The van der Waals surface area contributed by atoms with Crippen LogP contribution in [0.15, 0.2) is 9.98 Å². The van der Waals surface area contributed by atoms with E-state index in [1.165, 1.54) is 19.3 Å². The summed E-state index contributed by atoms with van der Waals surface area (Å²) in [6.07, 6.45) is 3.86. The molecule has 92 valence electrons. The summed E-state index contributed by atoms with van der Waals surface area (Å²) in [6, 6.07) is 0. The molecule has 2 fully saturated rings. The first-order chi connectivity index (χ1) is 8.42. The van der Waals surface area contributed by atoms with Crippen molar-refractivity contribution in [3.63, 3.8) is 0 Å². The van der Waals surface area contributed by atoms with Gasteiger partial charge in [0.2, 0.25) is 0 Å². The van der Waals surface area contributed by atoms with E-state index in [0.29, 0.717) is 17.8 Å². The highest BCUT2D eigenvalue weighted by molar-refractivity contribution is 5.85. The fourth-order valence-corrected chi connectivity index (χ4v) is 4.07. The molecule has 4 aliphatic rings. The molecule has 2 heterocycles. The van der Waals surface area contributed by atoms with Gasteiger partial charge in [0, 0.05) is 11.8 Å². The molecule has 4 nitrogen and oxygen atoms in total. The Morgan fingerprint density at radius 3 is 1.82 bits per heavy atom. The van der Waals surface area contributed by atoms with E-state index in [1.54, 1.807) is 0 Å². The highest BCUT2D eigenvalue weighted by Gasteiger charge is 2.51. The summed E-state index contributed by atoms with van der Waals surface area (Å²) in [4.78, 5) is 9.02. The summed E-state index contributed by atoms with van der Waals surface area (Å²) in [5, 5.41) is 0. The zero-order valence-corrected chi connectivity index (χ0v) is 9.97. The molecule has 4 heteroatoms. The topological polar surface area (TPSA) is 43.2 Å². The minimum Gasteiger partial charge on any atom is -0.479 e. The van der Waals surface area contributed by atoms with Gasteiger partial charge in [-0.1, -0.05) is 0 Å². The lowest BCUT2D eigenvalue weighted by Gasteiger charge is -2.28. The lowest BCUT2D eigenvalue weighted by atomic mass is 9.80. The zero-order valence-electron chi connectivity index (χ0n) is 9.97. The van der Waals surface area contributed by atoms with Gasteiger partial charge in [0.1, 0.15) is 13.2 Å². The second kappa shape index (κ2) is 3.72. The van der Waals surface area contributed by atoms with Gasteiger partial charge in [-0.2, -0.15) is 0 Å². The Balaban J connectivity index is 1.56. The van der Waals surface area contributed by atoms with Crippen LogP contribution in [0.4, 0.5) is 0 Å². The highest BCUT2D eigenvalue weighted by Crippen LogP contribution is 2.53. The molecular weight excluding hydrogens is 216 g/mol. The molecule has 2 aliphatic heterocycles. The molecule has 2 unspecified atom stereocenters. The van der Waals surface area contributed by atoms with Crippen LogP contribution in [-0.2, 0) is 9.47 Å². The third kappa shape index (κ3) is 1.49. The first-order valence-corrected chi connectivity index (χ1v) is 6.76. The monoisotopic (exact) mass is 234 g/mol. The van der Waals surface area contributed by atoms with E-state index in [9.17, 15) is 0 Å². The third-order valence-corrected chi connectivity index (χ3v) is 4.67. The average Bonchev–Trinajstić information content (AvgIpc) is 3.12. The summed E-state index contributed by atoms with van der Waals surface area (Å²) in [6.45, 7) is 3.27. The van der Waals surface area contributed by atoms with Gasteiger partial charge in [0.25, 0.3) is 0 Å². The average molecular weight is 234 g/mol. The number of aliphatic imine (C=N–C) groups is 2. The van der Waals surface area contributed by atoms with Crippen molar-refractivity contribution >= 4 is 11.8 Å². The minimum atomic E-state index is 0.549. The molecule has 0 aromatic heterocycles. The maximum absolute atomic E-state index is 5.67. The quantitative estimate of drug-likeness (QED) is 0.726. The fourth-order valence-electron chi connectivity index (χ4n) is 4.07. The molecule has 2 bridgehead atoms. The first-order valence-electron chi connectivity index (χ1n) is 6.76. The maximum Gasteiger partial charge on any atom is 0.186 e. The Bertz CT molecular complexity index is 357. The Kier molecular flexibility index (Phi) is 2.17. The molecule has 0 N–H and O–H groups in total. The standard InChI is InChI=1S/C13H18N2O2/c1-3-16-12(14-1)10-6-8-5-9(10)11(7-8)13-15-2-4-17-13/h8-11H,1-7H2. The second-order valence-electron chi connectivity index (χ2n) is 5.59. The van der Waals surface area contributed by atoms with Crippen LogP contribution in [-0.4, -0.2) is 38.1 Å². The summed E-state index contributed by atoms with van der Waals surface area (Å²) in [5.74, 6) is 4.67. The van der Waals surface area contributed by atoms with Gasteiger partial charge in [0.05, 0.1) is 13.1 Å². The summed E-state index contributed by atoms with van der Waals surface area (Å²) in [7, 11) is 0. The predicted molar refractivity (Wildman–Crippen MR) is 64.3 cm³/mol. The molecule has 0 saturated heterocycles. The molecule has 0 amide bonds. The van der Waals surface area contributed by atoms with Crippen molar-refractivity contribution in [1.82, 2.24) is 0 Å². The first kappa shape index (κ1) is 9.92. The number of hydrogen-bond donors (Lipinski definition) is 0.